The average molecular weight is 259 g/mol. The molecule has 0 aliphatic rings. The molecule has 1 aromatic carbocycles. The Hall–Kier alpha value is -1.84. The molecule has 1 unspecified atom stereocenters. The Labute approximate surface area is 113 Å². The van der Waals surface area contributed by atoms with E-state index in [0.717, 1.165) is 10.9 Å². The highest BCUT2D eigenvalue weighted by molar-refractivity contribution is 5.97. The normalized spacial score (nSPS) is 13.5. The van der Waals surface area contributed by atoms with Crippen LogP contribution in [0.4, 0.5) is 0 Å². The van der Waals surface area contributed by atoms with Gasteiger partial charge in [-0.3, -0.25) is 9.89 Å². The van der Waals surface area contributed by atoms with Gasteiger partial charge in [0.1, 0.15) is 0 Å². The summed E-state index contributed by atoms with van der Waals surface area (Å²) in [5, 5.41) is 7.88. The van der Waals surface area contributed by atoms with Gasteiger partial charge in [0.2, 0.25) is 0 Å². The molecule has 2 aromatic rings. The minimum absolute atomic E-state index is 0.0407. The molecular weight excluding hydrogens is 238 g/mol. The first-order chi connectivity index (χ1) is 8.80. The zero-order chi connectivity index (χ0) is 14.2. The summed E-state index contributed by atoms with van der Waals surface area (Å²) < 4.78 is 0. The Balaban J connectivity index is 2.28. The van der Waals surface area contributed by atoms with Crippen molar-refractivity contribution in [3.05, 3.63) is 30.0 Å². The van der Waals surface area contributed by atoms with Gasteiger partial charge in [-0.2, -0.15) is 5.10 Å². The molecule has 0 bridgehead atoms. The van der Waals surface area contributed by atoms with E-state index in [1.54, 1.807) is 11.1 Å². The maximum atomic E-state index is 12.5. The second-order valence-corrected chi connectivity index (χ2v) is 6.13. The van der Waals surface area contributed by atoms with Gasteiger partial charge in [-0.15, -0.1) is 0 Å². The molecule has 0 spiro atoms. The molecule has 19 heavy (non-hydrogen) atoms. The van der Waals surface area contributed by atoms with Crippen LogP contribution in [0.15, 0.2) is 24.4 Å². The molecule has 102 valence electrons. The maximum Gasteiger partial charge on any atom is 0.253 e. The van der Waals surface area contributed by atoms with Crippen molar-refractivity contribution < 1.29 is 4.79 Å². The number of H-pyrrole nitrogens is 1. The molecule has 0 fully saturated rings. The molecular formula is C15H21N3O. The van der Waals surface area contributed by atoms with E-state index in [1.807, 2.05) is 25.2 Å². The van der Waals surface area contributed by atoms with Crippen molar-refractivity contribution in [3.63, 3.8) is 0 Å². The summed E-state index contributed by atoms with van der Waals surface area (Å²) in [5.74, 6) is 0.0407. The summed E-state index contributed by atoms with van der Waals surface area (Å²) in [6, 6.07) is 5.79. The van der Waals surface area contributed by atoms with Gasteiger partial charge in [-0.25, -0.2) is 0 Å². The van der Waals surface area contributed by atoms with Crippen LogP contribution in [0, 0.1) is 5.41 Å². The van der Waals surface area contributed by atoms with Gasteiger partial charge in [0.25, 0.3) is 5.91 Å². The molecule has 0 radical (unpaired) electrons. The molecule has 0 aliphatic carbocycles. The molecule has 0 aliphatic heterocycles. The first-order valence-electron chi connectivity index (χ1n) is 6.51. The number of nitrogens with one attached hydrogen (secondary N) is 1. The smallest absolute Gasteiger partial charge is 0.253 e. The van der Waals surface area contributed by atoms with Crippen molar-refractivity contribution in [2.45, 2.75) is 33.7 Å². The quantitative estimate of drug-likeness (QED) is 0.901. The summed E-state index contributed by atoms with van der Waals surface area (Å²) in [6.07, 6.45) is 1.76. The van der Waals surface area contributed by atoms with Crippen LogP contribution >= 0.6 is 0 Å². The van der Waals surface area contributed by atoms with E-state index in [9.17, 15) is 4.79 Å². The lowest BCUT2D eigenvalue weighted by Crippen LogP contribution is -2.42. The number of amides is 1. The lowest BCUT2D eigenvalue weighted by atomic mass is 9.87. The Morgan fingerprint density at radius 3 is 2.68 bits per heavy atom. The Bertz CT molecular complexity index is 595. The van der Waals surface area contributed by atoms with Crippen LogP contribution in [0.5, 0.6) is 0 Å². The second kappa shape index (κ2) is 4.68. The van der Waals surface area contributed by atoms with E-state index < -0.39 is 0 Å². The van der Waals surface area contributed by atoms with Crippen LogP contribution in [0.1, 0.15) is 38.1 Å². The van der Waals surface area contributed by atoms with Gasteiger partial charge < -0.3 is 4.90 Å². The standard InChI is InChI=1S/C15H21N3O/c1-10(15(2,3)4)18(5)14(19)11-6-7-12-9-16-17-13(12)8-11/h6-10H,1-5H3,(H,16,17). The zero-order valence-corrected chi connectivity index (χ0v) is 12.2. The minimum Gasteiger partial charge on any atom is -0.338 e. The monoisotopic (exact) mass is 259 g/mol. The third-order valence-corrected chi connectivity index (χ3v) is 3.84. The van der Waals surface area contributed by atoms with E-state index >= 15 is 0 Å². The van der Waals surface area contributed by atoms with E-state index in [4.69, 9.17) is 0 Å². The van der Waals surface area contributed by atoms with E-state index in [1.165, 1.54) is 0 Å². The van der Waals surface area contributed by atoms with Crippen LogP contribution in [-0.2, 0) is 0 Å². The molecule has 0 saturated carbocycles. The lowest BCUT2D eigenvalue weighted by Gasteiger charge is -2.35. The van der Waals surface area contributed by atoms with Gasteiger partial charge in [0.05, 0.1) is 11.7 Å². The van der Waals surface area contributed by atoms with Crippen LogP contribution < -0.4 is 0 Å². The molecule has 1 amide bonds. The first kappa shape index (κ1) is 13.6. The highest BCUT2D eigenvalue weighted by Gasteiger charge is 2.27. The van der Waals surface area contributed by atoms with E-state index in [2.05, 4.69) is 37.9 Å². The average Bonchev–Trinajstić information content (AvgIpc) is 2.82. The fraction of sp³-hybridized carbons (Fsp3) is 0.467. The molecule has 1 N–H and O–H groups in total. The summed E-state index contributed by atoms with van der Waals surface area (Å²) in [6.45, 7) is 8.49. The second-order valence-electron chi connectivity index (χ2n) is 6.13. The topological polar surface area (TPSA) is 49.0 Å². The third kappa shape index (κ3) is 2.62. The summed E-state index contributed by atoms with van der Waals surface area (Å²) in [4.78, 5) is 14.3. The number of nitrogens with zero attached hydrogens (tertiary/aromatic N) is 2. The van der Waals surface area contributed by atoms with Gasteiger partial charge >= 0.3 is 0 Å². The maximum absolute atomic E-state index is 12.5. The van der Waals surface area contributed by atoms with Crippen molar-refractivity contribution in [2.75, 3.05) is 7.05 Å². The number of aromatic amines is 1. The summed E-state index contributed by atoms with van der Waals surface area (Å²) in [7, 11) is 1.86. The first-order valence-corrected chi connectivity index (χ1v) is 6.51. The van der Waals surface area contributed by atoms with Crippen molar-refractivity contribution in [1.29, 1.82) is 0 Å². The number of rotatable bonds is 2. The Kier molecular flexibility index (Phi) is 3.35. The van der Waals surface area contributed by atoms with Crippen molar-refractivity contribution in [2.24, 2.45) is 5.41 Å². The number of hydrogen-bond donors (Lipinski definition) is 1. The van der Waals surface area contributed by atoms with Gasteiger partial charge in [0, 0.05) is 24.0 Å². The predicted octanol–water partition coefficient (Wildman–Crippen LogP) is 3.07. The van der Waals surface area contributed by atoms with Gasteiger partial charge in [-0.1, -0.05) is 26.8 Å². The van der Waals surface area contributed by atoms with Crippen LogP contribution in [0.3, 0.4) is 0 Å². The molecule has 4 nitrogen and oxygen atoms in total. The number of hydrogen-bond acceptors (Lipinski definition) is 2. The molecule has 2 rings (SSSR count). The number of carbonyl (C=O) groups excluding carboxylic acids is 1. The van der Waals surface area contributed by atoms with Gasteiger partial charge in [-0.05, 0) is 24.5 Å². The van der Waals surface area contributed by atoms with E-state index in [-0.39, 0.29) is 17.4 Å². The Morgan fingerprint density at radius 1 is 1.37 bits per heavy atom. The highest BCUT2D eigenvalue weighted by atomic mass is 16.2. The number of fused-ring (bicyclic) bond motifs is 1. The largest absolute Gasteiger partial charge is 0.338 e. The summed E-state index contributed by atoms with van der Waals surface area (Å²) >= 11 is 0. The third-order valence-electron chi connectivity index (χ3n) is 3.84. The minimum atomic E-state index is 0.0407. The molecule has 1 aromatic heterocycles. The molecule has 1 heterocycles. The van der Waals surface area contributed by atoms with E-state index in [0.29, 0.717) is 5.56 Å². The summed E-state index contributed by atoms with van der Waals surface area (Å²) in [5.41, 5.74) is 1.64. The van der Waals surface area contributed by atoms with Gasteiger partial charge in [0.15, 0.2) is 0 Å². The Morgan fingerprint density at radius 2 is 2.05 bits per heavy atom. The number of carbonyl (C=O) groups is 1. The fourth-order valence-corrected chi connectivity index (χ4v) is 2.03. The van der Waals surface area contributed by atoms with Crippen LogP contribution in [-0.4, -0.2) is 34.1 Å². The lowest BCUT2D eigenvalue weighted by molar-refractivity contribution is 0.0629. The fourth-order valence-electron chi connectivity index (χ4n) is 2.03. The molecule has 4 heteroatoms. The number of aromatic nitrogens is 2. The SMILES string of the molecule is CC(N(C)C(=O)c1ccc2cn[nH]c2c1)C(C)(C)C. The van der Waals surface area contributed by atoms with Crippen molar-refractivity contribution in [3.8, 4) is 0 Å². The molecule has 1 atom stereocenters. The van der Waals surface area contributed by atoms with Crippen molar-refractivity contribution >= 4 is 16.8 Å². The van der Waals surface area contributed by atoms with Crippen LogP contribution in [0.2, 0.25) is 0 Å². The van der Waals surface area contributed by atoms with Crippen molar-refractivity contribution in [1.82, 2.24) is 15.1 Å². The number of benzene rings is 1. The molecule has 0 saturated heterocycles. The van der Waals surface area contributed by atoms with Crippen LogP contribution in [0.25, 0.3) is 10.9 Å². The highest BCUT2D eigenvalue weighted by Crippen LogP contribution is 2.24. The predicted molar refractivity (Wildman–Crippen MR) is 77.1 cm³/mol. The zero-order valence-electron chi connectivity index (χ0n) is 12.2.